The highest BCUT2D eigenvalue weighted by molar-refractivity contribution is 5.91. The molecule has 6 nitrogen and oxygen atoms in total. The third kappa shape index (κ3) is 3.28. The molecule has 9 heteroatoms. The highest BCUT2D eigenvalue weighted by Crippen LogP contribution is 2.44. The van der Waals surface area contributed by atoms with Crippen molar-refractivity contribution in [1.82, 2.24) is 19.7 Å². The van der Waals surface area contributed by atoms with E-state index in [0.717, 1.165) is 25.3 Å². The van der Waals surface area contributed by atoms with E-state index in [-0.39, 0.29) is 23.1 Å². The maximum atomic E-state index is 13.2. The summed E-state index contributed by atoms with van der Waals surface area (Å²) in [5, 5.41) is 24.7. The zero-order valence-corrected chi connectivity index (χ0v) is 15.6. The fraction of sp³-hybridized carbons (Fsp3) is 0.400. The number of phenols is 1. The molecule has 0 spiro atoms. The lowest BCUT2D eigenvalue weighted by Gasteiger charge is -2.28. The van der Waals surface area contributed by atoms with E-state index >= 15 is 0 Å². The number of phenolic OH excluding ortho intramolecular Hbond substituents is 1. The summed E-state index contributed by atoms with van der Waals surface area (Å²) >= 11 is 0. The van der Waals surface area contributed by atoms with Crippen molar-refractivity contribution in [3.05, 3.63) is 35.7 Å². The van der Waals surface area contributed by atoms with E-state index in [1.165, 1.54) is 19.3 Å². The highest BCUT2D eigenvalue weighted by atomic mass is 19.4. The van der Waals surface area contributed by atoms with E-state index in [4.69, 9.17) is 0 Å². The van der Waals surface area contributed by atoms with E-state index in [0.29, 0.717) is 29.3 Å². The van der Waals surface area contributed by atoms with Crippen molar-refractivity contribution in [1.29, 1.82) is 5.26 Å². The fourth-order valence-electron chi connectivity index (χ4n) is 4.10. The lowest BCUT2D eigenvalue weighted by molar-refractivity contribution is -0.137. The Hall–Kier alpha value is -3.15. The standard InChI is InChI=1S/C20H18F3N5O/c1-11-8-13(20(21,22)23)9-15(29)16(11)18-17-19(26-7-6-25-17)27-28(18)14-5-3-2-4-12(14)10-24/h6-9,12,14,29H,2-5H2,1H3. The summed E-state index contributed by atoms with van der Waals surface area (Å²) in [6.07, 6.45) is 1.65. The van der Waals surface area contributed by atoms with Crippen LogP contribution in [0.25, 0.3) is 22.4 Å². The average molecular weight is 401 g/mol. The largest absolute Gasteiger partial charge is 0.507 e. The van der Waals surface area contributed by atoms with Crippen LogP contribution < -0.4 is 0 Å². The van der Waals surface area contributed by atoms with Crippen LogP contribution in [0, 0.1) is 24.2 Å². The Bertz CT molecular complexity index is 1090. The second kappa shape index (κ2) is 7.03. The Morgan fingerprint density at radius 1 is 1.17 bits per heavy atom. The normalized spacial score (nSPS) is 20.0. The van der Waals surface area contributed by atoms with Gasteiger partial charge in [0.05, 0.1) is 23.6 Å². The topological polar surface area (TPSA) is 87.6 Å². The summed E-state index contributed by atoms with van der Waals surface area (Å²) in [7, 11) is 0. The Morgan fingerprint density at radius 3 is 2.59 bits per heavy atom. The smallest absolute Gasteiger partial charge is 0.416 e. The summed E-state index contributed by atoms with van der Waals surface area (Å²) in [6.45, 7) is 1.51. The van der Waals surface area contributed by atoms with Crippen molar-refractivity contribution >= 4 is 11.2 Å². The molecule has 0 amide bonds. The van der Waals surface area contributed by atoms with Gasteiger partial charge >= 0.3 is 6.18 Å². The van der Waals surface area contributed by atoms with Gasteiger partial charge in [0.25, 0.3) is 0 Å². The third-order valence-corrected chi connectivity index (χ3v) is 5.42. The molecule has 2 heterocycles. The van der Waals surface area contributed by atoms with Crippen molar-refractivity contribution in [2.24, 2.45) is 5.92 Å². The molecule has 29 heavy (non-hydrogen) atoms. The van der Waals surface area contributed by atoms with Crippen LogP contribution in [0.4, 0.5) is 13.2 Å². The second-order valence-electron chi connectivity index (χ2n) is 7.29. The van der Waals surface area contributed by atoms with Gasteiger partial charge in [-0.1, -0.05) is 12.8 Å². The molecule has 1 N–H and O–H groups in total. The van der Waals surface area contributed by atoms with Gasteiger partial charge in [-0.05, 0) is 37.5 Å². The summed E-state index contributed by atoms with van der Waals surface area (Å²) in [5.74, 6) is -0.788. The summed E-state index contributed by atoms with van der Waals surface area (Å²) in [6, 6.07) is 3.77. The number of hydrogen-bond donors (Lipinski definition) is 1. The molecule has 0 bridgehead atoms. The summed E-state index contributed by atoms with van der Waals surface area (Å²) in [5.41, 5.74) is 0.643. The molecular formula is C20H18F3N5O. The molecule has 1 aliphatic rings. The monoisotopic (exact) mass is 401 g/mol. The lowest BCUT2D eigenvalue weighted by Crippen LogP contribution is -2.24. The molecule has 2 unspecified atom stereocenters. The maximum Gasteiger partial charge on any atom is 0.416 e. The number of nitriles is 1. The SMILES string of the molecule is Cc1cc(C(F)(F)F)cc(O)c1-c1c2nccnc2nn1C1CCCCC1C#N. The highest BCUT2D eigenvalue weighted by Gasteiger charge is 2.35. The number of rotatable bonds is 2. The Kier molecular flexibility index (Phi) is 4.65. The fourth-order valence-corrected chi connectivity index (χ4v) is 4.10. The van der Waals surface area contributed by atoms with Crippen LogP contribution in [0.2, 0.25) is 0 Å². The number of hydrogen-bond acceptors (Lipinski definition) is 5. The van der Waals surface area contributed by atoms with Gasteiger partial charge in [0.1, 0.15) is 17.0 Å². The number of fused-ring (bicyclic) bond motifs is 1. The van der Waals surface area contributed by atoms with E-state index < -0.39 is 17.5 Å². The predicted molar refractivity (Wildman–Crippen MR) is 98.8 cm³/mol. The number of benzene rings is 1. The average Bonchev–Trinajstić information content (AvgIpc) is 3.06. The summed E-state index contributed by atoms with van der Waals surface area (Å²) < 4.78 is 41.1. The number of alkyl halides is 3. The molecule has 0 saturated heterocycles. The molecule has 0 aliphatic heterocycles. The summed E-state index contributed by atoms with van der Waals surface area (Å²) in [4.78, 5) is 8.53. The molecule has 150 valence electrons. The molecule has 4 rings (SSSR count). The second-order valence-corrected chi connectivity index (χ2v) is 7.29. The molecule has 0 radical (unpaired) electrons. The van der Waals surface area contributed by atoms with Crippen LogP contribution in [0.15, 0.2) is 24.5 Å². The molecule has 3 aromatic rings. The Balaban J connectivity index is 1.98. The van der Waals surface area contributed by atoms with E-state index in [9.17, 15) is 23.5 Å². The Labute approximate surface area is 164 Å². The number of aryl methyl sites for hydroxylation is 1. The number of aromatic hydroxyl groups is 1. The van der Waals surface area contributed by atoms with Gasteiger partial charge in [-0.2, -0.15) is 18.4 Å². The maximum absolute atomic E-state index is 13.2. The van der Waals surface area contributed by atoms with E-state index in [1.807, 2.05) is 0 Å². The molecular weight excluding hydrogens is 383 g/mol. The molecule has 2 atom stereocenters. The van der Waals surface area contributed by atoms with Crippen LogP contribution in [-0.2, 0) is 6.18 Å². The molecule has 1 fully saturated rings. The quantitative estimate of drug-likeness (QED) is 0.668. The minimum atomic E-state index is -4.57. The number of halogens is 3. The minimum Gasteiger partial charge on any atom is -0.507 e. The van der Waals surface area contributed by atoms with Crippen molar-refractivity contribution < 1.29 is 18.3 Å². The van der Waals surface area contributed by atoms with Crippen LogP contribution in [0.5, 0.6) is 5.75 Å². The van der Waals surface area contributed by atoms with Crippen molar-refractivity contribution in [3.8, 4) is 23.1 Å². The van der Waals surface area contributed by atoms with Gasteiger partial charge < -0.3 is 5.11 Å². The van der Waals surface area contributed by atoms with Gasteiger partial charge in [0.2, 0.25) is 5.65 Å². The zero-order chi connectivity index (χ0) is 20.8. The van der Waals surface area contributed by atoms with Crippen LogP contribution in [-0.4, -0.2) is 24.9 Å². The first-order chi connectivity index (χ1) is 13.8. The molecule has 1 aliphatic carbocycles. The van der Waals surface area contributed by atoms with Gasteiger partial charge in [-0.15, -0.1) is 5.10 Å². The Morgan fingerprint density at radius 2 is 1.90 bits per heavy atom. The minimum absolute atomic E-state index is 0.225. The van der Waals surface area contributed by atoms with E-state index in [1.54, 1.807) is 4.68 Å². The van der Waals surface area contributed by atoms with Gasteiger partial charge in [0, 0.05) is 18.0 Å². The zero-order valence-electron chi connectivity index (χ0n) is 15.6. The van der Waals surface area contributed by atoms with Gasteiger partial charge in [0.15, 0.2) is 0 Å². The number of aromatic nitrogens is 4. The first-order valence-corrected chi connectivity index (χ1v) is 9.31. The van der Waals surface area contributed by atoms with Gasteiger partial charge in [-0.3, -0.25) is 4.68 Å². The molecule has 2 aromatic heterocycles. The third-order valence-electron chi connectivity index (χ3n) is 5.42. The van der Waals surface area contributed by atoms with Crippen LogP contribution >= 0.6 is 0 Å². The van der Waals surface area contributed by atoms with E-state index in [2.05, 4.69) is 21.1 Å². The van der Waals surface area contributed by atoms with Crippen molar-refractivity contribution in [2.75, 3.05) is 0 Å². The first kappa shape index (κ1) is 19.2. The lowest BCUT2D eigenvalue weighted by atomic mass is 9.85. The predicted octanol–water partition coefficient (Wildman–Crippen LogP) is 4.78. The molecule has 1 saturated carbocycles. The van der Waals surface area contributed by atoms with Gasteiger partial charge in [-0.25, -0.2) is 9.97 Å². The van der Waals surface area contributed by atoms with Crippen LogP contribution in [0.3, 0.4) is 0 Å². The molecule has 1 aromatic carbocycles. The van der Waals surface area contributed by atoms with Crippen molar-refractivity contribution in [2.45, 2.75) is 44.8 Å². The van der Waals surface area contributed by atoms with Crippen molar-refractivity contribution in [3.63, 3.8) is 0 Å². The van der Waals surface area contributed by atoms with Crippen LogP contribution in [0.1, 0.15) is 42.9 Å². The number of nitrogens with zero attached hydrogens (tertiary/aromatic N) is 5. The first-order valence-electron chi connectivity index (χ1n) is 9.31.